The van der Waals surface area contributed by atoms with Gasteiger partial charge < -0.3 is 10.6 Å². The van der Waals surface area contributed by atoms with Crippen molar-refractivity contribution in [1.82, 2.24) is 0 Å². The summed E-state index contributed by atoms with van der Waals surface area (Å²) < 4.78 is 77.7. The molecule has 10 heteroatoms. The van der Waals surface area contributed by atoms with Crippen LogP contribution in [0.1, 0.15) is 36.5 Å². The van der Waals surface area contributed by atoms with Crippen molar-refractivity contribution in [3.05, 3.63) is 70.9 Å². The van der Waals surface area contributed by atoms with E-state index in [1.807, 2.05) is 13.8 Å². The molecule has 0 fully saturated rings. The van der Waals surface area contributed by atoms with Crippen LogP contribution in [-0.4, -0.2) is 5.91 Å². The first-order valence-electron chi connectivity index (χ1n) is 8.89. The molecular weight excluding hydrogens is 424 g/mol. The summed E-state index contributed by atoms with van der Waals surface area (Å²) in [7, 11) is 0. The van der Waals surface area contributed by atoms with E-state index in [1.165, 1.54) is 0 Å². The molecule has 0 unspecified atom stereocenters. The maximum atomic E-state index is 12.9. The molecule has 1 amide bonds. The van der Waals surface area contributed by atoms with Crippen molar-refractivity contribution in [2.24, 2.45) is 0 Å². The van der Waals surface area contributed by atoms with E-state index in [0.717, 1.165) is 11.8 Å². The number of hydrogen-bond donors (Lipinski definition) is 2. The first-order valence-corrected chi connectivity index (χ1v) is 8.89. The first-order chi connectivity index (χ1) is 14.3. The van der Waals surface area contributed by atoms with Crippen LogP contribution in [0.25, 0.3) is 0 Å². The lowest BCUT2D eigenvalue weighted by Gasteiger charge is -2.15. The Bertz CT molecular complexity index is 1000. The van der Waals surface area contributed by atoms with E-state index >= 15 is 0 Å². The third kappa shape index (κ3) is 6.25. The van der Waals surface area contributed by atoms with E-state index in [0.29, 0.717) is 17.8 Å². The Hall–Kier alpha value is -3.48. The topological polar surface area (TPSA) is 64.9 Å². The van der Waals surface area contributed by atoms with Gasteiger partial charge in [0.1, 0.15) is 11.6 Å². The summed E-state index contributed by atoms with van der Waals surface area (Å²) in [5.41, 5.74) is -2.94. The minimum atomic E-state index is -5.02. The third-order valence-electron chi connectivity index (χ3n) is 4.17. The number of benzene rings is 2. The molecule has 4 nitrogen and oxygen atoms in total. The number of alkyl halides is 6. The predicted octanol–water partition coefficient (Wildman–Crippen LogP) is 6.31. The van der Waals surface area contributed by atoms with Crippen LogP contribution in [0, 0.1) is 11.3 Å². The molecule has 164 valence electrons. The molecule has 0 saturated carbocycles. The zero-order valence-corrected chi connectivity index (χ0v) is 16.3. The maximum Gasteiger partial charge on any atom is 0.416 e. The van der Waals surface area contributed by atoms with Crippen molar-refractivity contribution in [3.8, 4) is 6.07 Å². The molecule has 0 aliphatic rings. The second kappa shape index (κ2) is 9.12. The molecule has 0 bridgehead atoms. The number of hydrogen-bond acceptors (Lipinski definition) is 3. The lowest BCUT2D eigenvalue weighted by molar-refractivity contribution is -0.143. The summed E-state index contributed by atoms with van der Waals surface area (Å²) >= 11 is 0. The van der Waals surface area contributed by atoms with Gasteiger partial charge in [-0.25, -0.2) is 0 Å². The fourth-order valence-corrected chi connectivity index (χ4v) is 2.65. The highest BCUT2D eigenvalue weighted by atomic mass is 19.4. The zero-order valence-electron chi connectivity index (χ0n) is 16.3. The van der Waals surface area contributed by atoms with Crippen LogP contribution in [0.15, 0.2) is 54.2 Å². The molecular formula is C21H17F6N3O. The Balaban J connectivity index is 2.33. The molecule has 0 atom stereocenters. The van der Waals surface area contributed by atoms with Crippen LogP contribution >= 0.6 is 0 Å². The lowest BCUT2D eigenvalue weighted by atomic mass is 10.0. The normalized spacial score (nSPS) is 12.5. The number of carbonyl (C=O) groups excluding carboxylic acids is 1. The quantitative estimate of drug-likeness (QED) is 0.325. The number of nitriles is 1. The van der Waals surface area contributed by atoms with Crippen molar-refractivity contribution in [2.45, 2.75) is 32.1 Å². The smallest absolute Gasteiger partial charge is 0.360 e. The molecule has 2 N–H and O–H groups in total. The van der Waals surface area contributed by atoms with Crippen LogP contribution < -0.4 is 10.6 Å². The molecule has 0 heterocycles. The lowest BCUT2D eigenvalue weighted by Crippen LogP contribution is -2.16. The van der Waals surface area contributed by atoms with Crippen molar-refractivity contribution in [3.63, 3.8) is 0 Å². The second-order valence-corrected chi connectivity index (χ2v) is 6.80. The fraction of sp³-hybridized carbons (Fsp3) is 0.238. The van der Waals surface area contributed by atoms with E-state index in [2.05, 4.69) is 10.6 Å². The number of anilines is 2. The Labute approximate surface area is 174 Å². The molecule has 0 radical (unpaired) electrons. The Morgan fingerprint density at radius 3 is 2.03 bits per heavy atom. The van der Waals surface area contributed by atoms with Crippen LogP contribution in [0.5, 0.6) is 0 Å². The van der Waals surface area contributed by atoms with Crippen molar-refractivity contribution < 1.29 is 31.1 Å². The summed E-state index contributed by atoms with van der Waals surface area (Å²) in [6.45, 7) is 3.78. The number of halogens is 6. The highest BCUT2D eigenvalue weighted by Gasteiger charge is 2.36. The van der Waals surface area contributed by atoms with Crippen LogP contribution in [0.4, 0.5) is 37.7 Å². The van der Waals surface area contributed by atoms with Gasteiger partial charge >= 0.3 is 12.4 Å². The van der Waals surface area contributed by atoms with Crippen molar-refractivity contribution in [2.75, 3.05) is 10.6 Å². The van der Waals surface area contributed by atoms with Gasteiger partial charge in [0.2, 0.25) is 0 Å². The first kappa shape index (κ1) is 23.8. The van der Waals surface area contributed by atoms with Gasteiger partial charge in [0.15, 0.2) is 0 Å². The largest absolute Gasteiger partial charge is 0.416 e. The number of rotatable bonds is 5. The van der Waals surface area contributed by atoms with Gasteiger partial charge in [-0.05, 0) is 35.7 Å². The molecule has 31 heavy (non-hydrogen) atoms. The summed E-state index contributed by atoms with van der Waals surface area (Å²) in [6, 6.07) is 9.27. The van der Waals surface area contributed by atoms with Gasteiger partial charge in [-0.1, -0.05) is 32.0 Å². The number of nitrogens with one attached hydrogen (secondary N) is 2. The van der Waals surface area contributed by atoms with E-state index in [4.69, 9.17) is 0 Å². The average Bonchev–Trinajstić information content (AvgIpc) is 2.67. The van der Waals surface area contributed by atoms with Crippen molar-refractivity contribution in [1.29, 1.82) is 5.26 Å². The SMILES string of the molecule is CC(C)c1ccccc1NC(=O)/C(C#N)=C\Nc1cc(C(F)(F)F)cc(C(F)(F)F)c1. The number of carbonyl (C=O) groups is 1. The van der Waals surface area contributed by atoms with E-state index in [1.54, 1.807) is 30.3 Å². The molecule has 0 aromatic heterocycles. The fourth-order valence-electron chi connectivity index (χ4n) is 2.65. The number of amides is 1. The van der Waals surface area contributed by atoms with Crippen LogP contribution in [0.2, 0.25) is 0 Å². The van der Waals surface area contributed by atoms with E-state index in [-0.39, 0.29) is 12.0 Å². The number of para-hydroxylation sites is 1. The zero-order chi connectivity index (χ0) is 23.4. The minimum absolute atomic E-state index is 0.0182. The molecule has 0 aliphatic carbocycles. The predicted molar refractivity (Wildman–Crippen MR) is 103 cm³/mol. The van der Waals surface area contributed by atoms with Gasteiger partial charge in [-0.15, -0.1) is 0 Å². The van der Waals surface area contributed by atoms with Crippen LogP contribution in [0.3, 0.4) is 0 Å². The standard InChI is InChI=1S/C21H17F6N3O/c1-12(2)17-5-3-4-6-18(17)30-19(31)13(10-28)11-29-16-8-14(20(22,23)24)7-15(9-16)21(25,26)27/h3-9,11-12,29H,1-2H3,(H,30,31)/b13-11-. The third-order valence-corrected chi connectivity index (χ3v) is 4.17. The highest BCUT2D eigenvalue weighted by Crippen LogP contribution is 2.37. The molecule has 0 saturated heterocycles. The molecule has 2 aromatic carbocycles. The van der Waals surface area contributed by atoms with Crippen LogP contribution in [-0.2, 0) is 17.1 Å². The highest BCUT2D eigenvalue weighted by molar-refractivity contribution is 6.07. The van der Waals surface area contributed by atoms with E-state index < -0.39 is 40.6 Å². The summed E-state index contributed by atoms with van der Waals surface area (Å²) in [6.07, 6.45) is -9.28. The van der Waals surface area contributed by atoms with Gasteiger partial charge in [0.25, 0.3) is 5.91 Å². The van der Waals surface area contributed by atoms with Gasteiger partial charge in [-0.3, -0.25) is 4.79 Å². The summed E-state index contributed by atoms with van der Waals surface area (Å²) in [5, 5.41) is 13.9. The number of nitrogens with zero attached hydrogens (tertiary/aromatic N) is 1. The van der Waals surface area contributed by atoms with Gasteiger partial charge in [-0.2, -0.15) is 31.6 Å². The van der Waals surface area contributed by atoms with Gasteiger partial charge in [0, 0.05) is 17.6 Å². The Kier molecular flexibility index (Phi) is 7.00. The second-order valence-electron chi connectivity index (χ2n) is 6.80. The Morgan fingerprint density at radius 2 is 1.55 bits per heavy atom. The molecule has 2 rings (SSSR count). The minimum Gasteiger partial charge on any atom is -0.360 e. The van der Waals surface area contributed by atoms with Gasteiger partial charge in [0.05, 0.1) is 11.1 Å². The van der Waals surface area contributed by atoms with Crippen molar-refractivity contribution >= 4 is 17.3 Å². The summed E-state index contributed by atoms with van der Waals surface area (Å²) in [5.74, 6) is -0.818. The molecule has 0 spiro atoms. The summed E-state index contributed by atoms with van der Waals surface area (Å²) in [4.78, 5) is 12.4. The van der Waals surface area contributed by atoms with E-state index in [9.17, 15) is 36.4 Å². The monoisotopic (exact) mass is 441 g/mol. The maximum absolute atomic E-state index is 12.9. The molecule has 2 aromatic rings. The Morgan fingerprint density at radius 1 is 1.00 bits per heavy atom. The molecule has 0 aliphatic heterocycles. The average molecular weight is 441 g/mol.